The van der Waals surface area contributed by atoms with Crippen LogP contribution in [-0.4, -0.2) is 65.7 Å². The predicted molar refractivity (Wildman–Crippen MR) is 191 cm³/mol. The third kappa shape index (κ3) is 5.25. The highest BCUT2D eigenvalue weighted by atomic mass is 16.6. The Morgan fingerprint density at radius 1 is 0.653 bits per heavy atom. The van der Waals surface area contributed by atoms with Crippen molar-refractivity contribution in [3.8, 4) is 0 Å². The maximum absolute atomic E-state index is 15.1. The lowest BCUT2D eigenvalue weighted by Crippen LogP contribution is -2.68. The molecule has 10 atom stereocenters. The third-order valence-corrected chi connectivity index (χ3v) is 17.3. The minimum absolute atomic E-state index is 0.00482. The van der Waals surface area contributed by atoms with Crippen LogP contribution in [-0.2, 0) is 19.1 Å². The van der Waals surface area contributed by atoms with Crippen LogP contribution < -0.4 is 0 Å². The Kier molecular flexibility index (Phi) is 8.25. The van der Waals surface area contributed by atoms with Gasteiger partial charge in [-0.05, 0) is 149 Å². The molecule has 1 saturated heterocycles. The van der Waals surface area contributed by atoms with E-state index >= 15 is 4.79 Å². The van der Waals surface area contributed by atoms with Crippen LogP contribution in [0, 0.1) is 62.1 Å². The number of hydrogen-bond donors (Lipinski definition) is 0. The molecule has 7 nitrogen and oxygen atoms in total. The molecule has 6 saturated carbocycles. The van der Waals surface area contributed by atoms with Gasteiger partial charge in [0.2, 0.25) is 5.91 Å². The summed E-state index contributed by atoms with van der Waals surface area (Å²) < 4.78 is 11.7. The summed E-state index contributed by atoms with van der Waals surface area (Å²) in [5.41, 5.74) is 0.252. The number of fused-ring (bicyclic) bond motifs is 7. The SMILES string of the molecule is CC(=O)O[C@H]1CC[C@@]2(C)C(CC[C@]3(C)C2CCC2C4[C@H](C5(C)CC5)CC[C@]4(C(=O)N4CCN(C(=O)OC(C)(C)C)CC4)CC[C@]23C)C1(C)C. The van der Waals surface area contributed by atoms with Gasteiger partial charge in [-0.3, -0.25) is 9.59 Å². The highest BCUT2D eigenvalue weighted by molar-refractivity contribution is 5.84. The van der Waals surface area contributed by atoms with Crippen molar-refractivity contribution in [2.45, 2.75) is 158 Å². The van der Waals surface area contributed by atoms with Crippen LogP contribution in [0.1, 0.15) is 146 Å². The summed E-state index contributed by atoms with van der Waals surface area (Å²) >= 11 is 0. The Morgan fingerprint density at radius 2 is 1.31 bits per heavy atom. The van der Waals surface area contributed by atoms with Crippen molar-refractivity contribution < 1.29 is 23.9 Å². The molecule has 7 rings (SSSR count). The van der Waals surface area contributed by atoms with Crippen LogP contribution in [0.5, 0.6) is 0 Å². The van der Waals surface area contributed by atoms with E-state index in [2.05, 4.69) is 46.4 Å². The van der Waals surface area contributed by atoms with Crippen LogP contribution in [0.3, 0.4) is 0 Å². The summed E-state index contributed by atoms with van der Waals surface area (Å²) in [4.78, 5) is 44.0. The maximum atomic E-state index is 15.1. The summed E-state index contributed by atoms with van der Waals surface area (Å²) in [5.74, 6) is 3.12. The van der Waals surface area contributed by atoms with Gasteiger partial charge < -0.3 is 19.3 Å². The molecule has 0 spiro atoms. The molecular formula is C42H68N2O5. The average Bonchev–Trinajstić information content (AvgIpc) is 3.62. The lowest BCUT2D eigenvalue weighted by Gasteiger charge is -2.73. The standard InChI is InChI=1S/C42H68N2O5/c1-27(45)48-32-15-16-39(8)30(37(32,5)6)14-17-41(10)31(39)12-11-29-33-28(38(7)19-20-38)13-18-42(33,22-21-40(29,41)9)34(46)43-23-25-44(26-24-43)35(47)49-36(2,3)4/h28-33H,11-26H2,1-10H3/t28-,29?,30?,31?,32+,33?,39+,40-,41-,42+/m1/s1. The third-order valence-electron chi connectivity index (χ3n) is 17.3. The fourth-order valence-electron chi connectivity index (χ4n) is 14.4. The first kappa shape index (κ1) is 35.6. The molecule has 0 radical (unpaired) electrons. The molecule has 49 heavy (non-hydrogen) atoms. The molecule has 0 N–H and O–H groups in total. The summed E-state index contributed by atoms with van der Waals surface area (Å²) in [6.45, 7) is 24.9. The van der Waals surface area contributed by atoms with Crippen molar-refractivity contribution in [3.63, 3.8) is 0 Å². The molecule has 276 valence electrons. The first-order valence-corrected chi connectivity index (χ1v) is 20.2. The number of nitrogens with zero attached hydrogens (tertiary/aromatic N) is 2. The minimum Gasteiger partial charge on any atom is -0.462 e. The molecule has 0 bridgehead atoms. The van der Waals surface area contributed by atoms with Gasteiger partial charge in [-0.15, -0.1) is 0 Å². The van der Waals surface area contributed by atoms with Crippen molar-refractivity contribution in [2.75, 3.05) is 26.2 Å². The van der Waals surface area contributed by atoms with Crippen molar-refractivity contribution in [1.82, 2.24) is 9.80 Å². The molecule has 4 unspecified atom stereocenters. The van der Waals surface area contributed by atoms with E-state index in [0.717, 1.165) is 32.1 Å². The van der Waals surface area contributed by atoms with Gasteiger partial charge in [0.05, 0.1) is 5.41 Å². The van der Waals surface area contributed by atoms with Gasteiger partial charge in [0.15, 0.2) is 0 Å². The number of amides is 2. The normalized spacial score (nSPS) is 45.3. The zero-order valence-corrected chi connectivity index (χ0v) is 32.7. The van der Waals surface area contributed by atoms with E-state index in [0.29, 0.717) is 67.1 Å². The lowest BCUT2D eigenvalue weighted by molar-refractivity contribution is -0.251. The molecule has 0 aromatic heterocycles. The molecule has 2 amide bonds. The van der Waals surface area contributed by atoms with Gasteiger partial charge in [0.25, 0.3) is 0 Å². The molecule has 1 heterocycles. The van der Waals surface area contributed by atoms with E-state index < -0.39 is 5.60 Å². The molecule has 0 aromatic carbocycles. The number of piperazine rings is 1. The first-order valence-electron chi connectivity index (χ1n) is 20.2. The Balaban J connectivity index is 1.16. The van der Waals surface area contributed by atoms with Gasteiger partial charge in [-0.25, -0.2) is 4.79 Å². The van der Waals surface area contributed by atoms with Crippen molar-refractivity contribution in [2.24, 2.45) is 62.1 Å². The molecule has 6 aliphatic carbocycles. The smallest absolute Gasteiger partial charge is 0.410 e. The predicted octanol–water partition coefficient (Wildman–Crippen LogP) is 8.88. The number of hydrogen-bond acceptors (Lipinski definition) is 5. The zero-order chi connectivity index (χ0) is 35.6. The van der Waals surface area contributed by atoms with Crippen LogP contribution in [0.4, 0.5) is 4.79 Å². The van der Waals surface area contributed by atoms with E-state index in [1.54, 1.807) is 11.8 Å². The van der Waals surface area contributed by atoms with Gasteiger partial charge in [0, 0.05) is 38.5 Å². The average molecular weight is 681 g/mol. The van der Waals surface area contributed by atoms with E-state index in [9.17, 15) is 9.59 Å². The molecule has 7 aliphatic rings. The molecule has 1 aliphatic heterocycles. The van der Waals surface area contributed by atoms with Crippen molar-refractivity contribution >= 4 is 18.0 Å². The minimum atomic E-state index is -0.519. The monoisotopic (exact) mass is 681 g/mol. The largest absolute Gasteiger partial charge is 0.462 e. The summed E-state index contributed by atoms with van der Waals surface area (Å²) in [5, 5.41) is 0. The van der Waals surface area contributed by atoms with Gasteiger partial charge in [-0.2, -0.15) is 0 Å². The number of carbonyl (C=O) groups is 3. The van der Waals surface area contributed by atoms with E-state index in [1.165, 1.54) is 44.9 Å². The summed E-state index contributed by atoms with van der Waals surface area (Å²) in [7, 11) is 0. The van der Waals surface area contributed by atoms with E-state index in [4.69, 9.17) is 9.47 Å². The highest BCUT2D eigenvalue weighted by Crippen LogP contribution is 2.79. The van der Waals surface area contributed by atoms with Crippen LogP contribution >= 0.6 is 0 Å². The van der Waals surface area contributed by atoms with Gasteiger partial charge >= 0.3 is 12.1 Å². The summed E-state index contributed by atoms with van der Waals surface area (Å²) in [6, 6.07) is 0. The second-order valence-corrected chi connectivity index (χ2v) is 20.9. The van der Waals surface area contributed by atoms with E-state index in [1.807, 2.05) is 20.8 Å². The second-order valence-electron chi connectivity index (χ2n) is 20.9. The lowest BCUT2D eigenvalue weighted by atomic mass is 9.32. The quantitative estimate of drug-likeness (QED) is 0.279. The topological polar surface area (TPSA) is 76.2 Å². The van der Waals surface area contributed by atoms with Crippen LogP contribution in [0.15, 0.2) is 0 Å². The van der Waals surface area contributed by atoms with E-state index in [-0.39, 0.29) is 45.2 Å². The Hall–Kier alpha value is -1.79. The van der Waals surface area contributed by atoms with Crippen molar-refractivity contribution in [1.29, 1.82) is 0 Å². The number of rotatable bonds is 3. The van der Waals surface area contributed by atoms with Crippen LogP contribution in [0.2, 0.25) is 0 Å². The van der Waals surface area contributed by atoms with Gasteiger partial charge in [0.1, 0.15) is 11.7 Å². The highest BCUT2D eigenvalue weighted by Gasteiger charge is 2.73. The Labute approximate surface area is 297 Å². The number of ether oxygens (including phenoxy) is 2. The van der Waals surface area contributed by atoms with Crippen molar-refractivity contribution in [3.05, 3.63) is 0 Å². The zero-order valence-electron chi connectivity index (χ0n) is 32.7. The molecule has 0 aromatic rings. The summed E-state index contributed by atoms with van der Waals surface area (Å²) in [6.07, 6.45) is 13.8. The fourth-order valence-corrected chi connectivity index (χ4v) is 14.4. The Morgan fingerprint density at radius 3 is 1.92 bits per heavy atom. The maximum Gasteiger partial charge on any atom is 0.410 e. The number of carbonyl (C=O) groups excluding carboxylic acids is 3. The van der Waals surface area contributed by atoms with Gasteiger partial charge in [-0.1, -0.05) is 41.5 Å². The molecule has 7 fully saturated rings. The molecule has 7 heteroatoms. The molecular weight excluding hydrogens is 612 g/mol. The Bertz CT molecular complexity index is 1360. The number of esters is 1. The van der Waals surface area contributed by atoms with Crippen LogP contribution in [0.25, 0.3) is 0 Å². The second kappa shape index (κ2) is 11.4. The fraction of sp³-hybridized carbons (Fsp3) is 0.929. The first-order chi connectivity index (χ1) is 22.7.